The number of hydrogen-bond acceptors (Lipinski definition) is 6. The molecule has 0 spiro atoms. The monoisotopic (exact) mass is 313 g/mol. The molecule has 1 atom stereocenters. The predicted molar refractivity (Wildman–Crippen MR) is 91.5 cm³/mol. The largest absolute Gasteiger partial charge is 0.368 e. The van der Waals surface area contributed by atoms with Gasteiger partial charge in [-0.2, -0.15) is 0 Å². The highest BCUT2D eigenvalue weighted by Crippen LogP contribution is 2.24. The molecule has 122 valence electrons. The number of imidazole rings is 1. The van der Waals surface area contributed by atoms with Gasteiger partial charge in [0.05, 0.1) is 17.6 Å². The lowest BCUT2D eigenvalue weighted by atomic mass is 10.3. The molecule has 0 radical (unpaired) electrons. The number of anilines is 1. The van der Waals surface area contributed by atoms with E-state index >= 15 is 0 Å². The molecule has 7 nitrogen and oxygen atoms in total. The van der Waals surface area contributed by atoms with Gasteiger partial charge < -0.3 is 10.6 Å². The van der Waals surface area contributed by atoms with Crippen molar-refractivity contribution >= 4 is 12.1 Å². The lowest BCUT2D eigenvalue weighted by Gasteiger charge is -2.25. The Bertz CT molecular complexity index is 702. The van der Waals surface area contributed by atoms with Gasteiger partial charge in [0.2, 0.25) is 5.95 Å². The van der Waals surface area contributed by atoms with Crippen molar-refractivity contribution in [3.63, 3.8) is 0 Å². The highest BCUT2D eigenvalue weighted by Gasteiger charge is 2.22. The van der Waals surface area contributed by atoms with Crippen molar-refractivity contribution in [3.05, 3.63) is 30.5 Å². The summed E-state index contributed by atoms with van der Waals surface area (Å²) >= 11 is 0. The average Bonchev–Trinajstić information content (AvgIpc) is 2.91. The second-order valence-corrected chi connectivity index (χ2v) is 6.17. The molecule has 3 rings (SSSR count). The third-order valence-electron chi connectivity index (χ3n) is 3.41. The SMILES string of the molecule is CC(C)Nc1nccc(-c2cnc3n2C=CNC3NC(C)C)n1. The van der Waals surface area contributed by atoms with Crippen LogP contribution in [0.15, 0.2) is 24.7 Å². The van der Waals surface area contributed by atoms with Gasteiger partial charge in [0.1, 0.15) is 6.17 Å². The molecular formula is C16H23N7. The standard InChI is InChI=1S/C16H23N7/c1-10(2)20-14-15-19-9-13(23(15)8-7-17-14)12-5-6-18-16(22-12)21-11(3)4/h5-11,14,17,20H,1-4H3,(H,18,21,22). The summed E-state index contributed by atoms with van der Waals surface area (Å²) in [5, 5.41) is 9.97. The lowest BCUT2D eigenvalue weighted by molar-refractivity contribution is 0.416. The quantitative estimate of drug-likeness (QED) is 0.785. The molecule has 0 fully saturated rings. The molecular weight excluding hydrogens is 290 g/mol. The minimum absolute atomic E-state index is 0.0103. The molecule has 23 heavy (non-hydrogen) atoms. The second kappa shape index (κ2) is 6.37. The van der Waals surface area contributed by atoms with E-state index in [1.807, 2.05) is 24.7 Å². The van der Waals surface area contributed by atoms with Crippen LogP contribution in [0.2, 0.25) is 0 Å². The van der Waals surface area contributed by atoms with Gasteiger partial charge in [0, 0.05) is 30.7 Å². The summed E-state index contributed by atoms with van der Waals surface area (Å²) in [5.74, 6) is 1.55. The van der Waals surface area contributed by atoms with Crippen molar-refractivity contribution in [3.8, 4) is 11.4 Å². The molecule has 0 amide bonds. The molecule has 0 saturated heterocycles. The molecule has 0 aromatic carbocycles. The fourth-order valence-electron chi connectivity index (χ4n) is 2.51. The lowest BCUT2D eigenvalue weighted by Crippen LogP contribution is -2.39. The van der Waals surface area contributed by atoms with Crippen LogP contribution in [0.4, 0.5) is 5.95 Å². The molecule has 1 unspecified atom stereocenters. The van der Waals surface area contributed by atoms with Crippen LogP contribution in [0.25, 0.3) is 17.6 Å². The molecule has 1 aliphatic heterocycles. The van der Waals surface area contributed by atoms with Crippen molar-refractivity contribution < 1.29 is 0 Å². The normalized spacial score (nSPS) is 16.5. The van der Waals surface area contributed by atoms with Crippen LogP contribution in [0, 0.1) is 0 Å². The number of nitrogens with zero attached hydrogens (tertiary/aromatic N) is 4. The summed E-state index contributed by atoms with van der Waals surface area (Å²) in [7, 11) is 0. The fraction of sp³-hybridized carbons (Fsp3) is 0.438. The first-order valence-electron chi connectivity index (χ1n) is 7.90. The predicted octanol–water partition coefficient (Wildman–Crippen LogP) is 2.19. The first kappa shape index (κ1) is 15.5. The van der Waals surface area contributed by atoms with Crippen LogP contribution in [0.3, 0.4) is 0 Å². The average molecular weight is 313 g/mol. The molecule has 0 aliphatic carbocycles. The number of aromatic nitrogens is 4. The number of nitrogens with one attached hydrogen (secondary N) is 3. The van der Waals surface area contributed by atoms with Gasteiger partial charge in [0.15, 0.2) is 5.82 Å². The number of hydrogen-bond donors (Lipinski definition) is 3. The molecule has 0 saturated carbocycles. The second-order valence-electron chi connectivity index (χ2n) is 6.17. The van der Waals surface area contributed by atoms with Crippen LogP contribution < -0.4 is 16.0 Å². The van der Waals surface area contributed by atoms with Crippen molar-refractivity contribution in [1.82, 2.24) is 30.2 Å². The van der Waals surface area contributed by atoms with E-state index in [9.17, 15) is 0 Å². The summed E-state index contributed by atoms with van der Waals surface area (Å²) in [6.45, 7) is 8.35. The number of rotatable bonds is 5. The van der Waals surface area contributed by atoms with Gasteiger partial charge in [0.25, 0.3) is 0 Å². The summed E-state index contributed by atoms with van der Waals surface area (Å²) in [6.07, 6.45) is 7.49. The van der Waals surface area contributed by atoms with Crippen LogP contribution in [0.1, 0.15) is 39.7 Å². The number of fused-ring (bicyclic) bond motifs is 1. The zero-order valence-electron chi connectivity index (χ0n) is 13.9. The van der Waals surface area contributed by atoms with E-state index in [4.69, 9.17) is 0 Å². The summed E-state index contributed by atoms with van der Waals surface area (Å²) in [6, 6.07) is 2.54. The maximum absolute atomic E-state index is 4.59. The van der Waals surface area contributed by atoms with E-state index in [0.717, 1.165) is 17.2 Å². The Hall–Kier alpha value is -2.41. The first-order chi connectivity index (χ1) is 11.0. The van der Waals surface area contributed by atoms with E-state index in [2.05, 4.69) is 63.2 Å². The first-order valence-corrected chi connectivity index (χ1v) is 7.90. The Kier molecular flexibility index (Phi) is 4.29. The summed E-state index contributed by atoms with van der Waals surface area (Å²) in [5.41, 5.74) is 1.79. The van der Waals surface area contributed by atoms with Gasteiger partial charge in [-0.15, -0.1) is 0 Å². The maximum atomic E-state index is 4.59. The topological polar surface area (TPSA) is 79.7 Å². The molecule has 0 bridgehead atoms. The van der Waals surface area contributed by atoms with Gasteiger partial charge >= 0.3 is 0 Å². The Morgan fingerprint density at radius 3 is 2.74 bits per heavy atom. The Balaban J connectivity index is 1.94. The Morgan fingerprint density at radius 2 is 2.00 bits per heavy atom. The van der Waals surface area contributed by atoms with Crippen molar-refractivity contribution in [2.24, 2.45) is 0 Å². The third-order valence-corrected chi connectivity index (χ3v) is 3.41. The molecule has 2 aromatic heterocycles. The summed E-state index contributed by atoms with van der Waals surface area (Å²) in [4.78, 5) is 13.4. The van der Waals surface area contributed by atoms with E-state index in [1.165, 1.54) is 0 Å². The fourth-order valence-corrected chi connectivity index (χ4v) is 2.51. The molecule has 7 heteroatoms. The Labute approximate surface area is 136 Å². The van der Waals surface area contributed by atoms with Crippen LogP contribution in [0.5, 0.6) is 0 Å². The van der Waals surface area contributed by atoms with E-state index in [1.54, 1.807) is 6.20 Å². The van der Waals surface area contributed by atoms with E-state index in [0.29, 0.717) is 12.0 Å². The minimum Gasteiger partial charge on any atom is -0.368 e. The maximum Gasteiger partial charge on any atom is 0.223 e. The molecule has 2 aromatic rings. The summed E-state index contributed by atoms with van der Waals surface area (Å²) < 4.78 is 2.05. The van der Waals surface area contributed by atoms with Crippen molar-refractivity contribution in [2.75, 3.05) is 5.32 Å². The van der Waals surface area contributed by atoms with E-state index < -0.39 is 0 Å². The van der Waals surface area contributed by atoms with Gasteiger partial charge in [-0.25, -0.2) is 15.0 Å². The highest BCUT2D eigenvalue weighted by atomic mass is 15.2. The zero-order chi connectivity index (χ0) is 16.4. The Morgan fingerprint density at radius 1 is 1.17 bits per heavy atom. The molecule has 3 heterocycles. The van der Waals surface area contributed by atoms with Gasteiger partial charge in [-0.3, -0.25) is 9.88 Å². The minimum atomic E-state index is -0.0103. The zero-order valence-corrected chi connectivity index (χ0v) is 13.9. The van der Waals surface area contributed by atoms with Crippen LogP contribution in [-0.4, -0.2) is 31.6 Å². The van der Waals surface area contributed by atoms with Gasteiger partial charge in [-0.05, 0) is 33.8 Å². The third kappa shape index (κ3) is 3.34. The van der Waals surface area contributed by atoms with Crippen LogP contribution >= 0.6 is 0 Å². The van der Waals surface area contributed by atoms with Crippen LogP contribution in [-0.2, 0) is 0 Å². The van der Waals surface area contributed by atoms with Gasteiger partial charge in [-0.1, -0.05) is 0 Å². The van der Waals surface area contributed by atoms with Crippen molar-refractivity contribution in [1.29, 1.82) is 0 Å². The molecule has 3 N–H and O–H groups in total. The molecule has 1 aliphatic rings. The van der Waals surface area contributed by atoms with Crippen molar-refractivity contribution in [2.45, 2.75) is 45.9 Å². The van der Waals surface area contributed by atoms with E-state index in [-0.39, 0.29) is 12.2 Å². The smallest absolute Gasteiger partial charge is 0.223 e. The highest BCUT2D eigenvalue weighted by molar-refractivity contribution is 5.60.